The number of rotatable bonds is 7. The maximum atomic E-state index is 4.23. The topological polar surface area (TPSA) is 40.7 Å². The minimum Gasteiger partial charge on any atom is -0.349 e. The van der Waals surface area contributed by atoms with Crippen LogP contribution in [-0.2, 0) is 6.42 Å². The summed E-state index contributed by atoms with van der Waals surface area (Å²) < 4.78 is 1.14. The van der Waals surface area contributed by atoms with Gasteiger partial charge in [0.15, 0.2) is 0 Å². The van der Waals surface area contributed by atoms with E-state index in [-0.39, 0.29) is 0 Å². The number of hydrogen-bond acceptors (Lipinski definition) is 2. The molecule has 0 spiro atoms. The maximum Gasteiger partial charge on any atom is 0.106 e. The molecule has 1 aromatic carbocycles. The molecule has 0 radical (unpaired) electrons. The van der Waals surface area contributed by atoms with Crippen molar-refractivity contribution in [2.45, 2.75) is 32.2 Å². The Morgan fingerprint density at radius 2 is 2.32 bits per heavy atom. The Kier molecular flexibility index (Phi) is 5.61. The number of aromatic nitrogens is 2. The predicted octanol–water partition coefficient (Wildman–Crippen LogP) is 3.85. The first kappa shape index (κ1) is 14.3. The van der Waals surface area contributed by atoms with Gasteiger partial charge in [-0.05, 0) is 37.1 Å². The molecule has 1 atom stereocenters. The molecule has 0 aliphatic heterocycles. The van der Waals surface area contributed by atoms with Gasteiger partial charge in [-0.15, -0.1) is 0 Å². The number of nitrogens with one attached hydrogen (secondary N) is 2. The number of aryl methyl sites for hydroxylation is 1. The van der Waals surface area contributed by atoms with Crippen molar-refractivity contribution in [3.8, 4) is 0 Å². The molecule has 3 nitrogen and oxygen atoms in total. The van der Waals surface area contributed by atoms with Crippen LogP contribution >= 0.6 is 15.9 Å². The fourth-order valence-corrected chi connectivity index (χ4v) is 2.60. The fourth-order valence-electron chi connectivity index (χ4n) is 2.19. The van der Waals surface area contributed by atoms with Crippen LogP contribution in [0.1, 0.15) is 37.2 Å². The van der Waals surface area contributed by atoms with Crippen LogP contribution in [0, 0.1) is 0 Å². The average molecular weight is 322 g/mol. The second kappa shape index (κ2) is 7.46. The molecule has 1 unspecified atom stereocenters. The number of imidazole rings is 1. The van der Waals surface area contributed by atoms with Crippen LogP contribution < -0.4 is 5.32 Å². The van der Waals surface area contributed by atoms with E-state index in [0.29, 0.717) is 6.04 Å². The molecule has 0 saturated carbocycles. The Balaban J connectivity index is 1.79. The van der Waals surface area contributed by atoms with Crippen LogP contribution in [0.3, 0.4) is 0 Å². The van der Waals surface area contributed by atoms with Crippen LogP contribution in [-0.4, -0.2) is 16.5 Å². The molecule has 102 valence electrons. The lowest BCUT2D eigenvalue weighted by molar-refractivity contribution is 0.508. The summed E-state index contributed by atoms with van der Waals surface area (Å²) in [4.78, 5) is 7.37. The molecule has 2 rings (SSSR count). The van der Waals surface area contributed by atoms with Gasteiger partial charge in [-0.25, -0.2) is 4.98 Å². The van der Waals surface area contributed by atoms with Crippen LogP contribution in [0.15, 0.2) is 41.1 Å². The van der Waals surface area contributed by atoms with Gasteiger partial charge in [-0.2, -0.15) is 0 Å². The lowest BCUT2D eigenvalue weighted by Gasteiger charge is -2.17. The van der Waals surface area contributed by atoms with Crippen molar-refractivity contribution in [3.63, 3.8) is 0 Å². The summed E-state index contributed by atoms with van der Waals surface area (Å²) >= 11 is 3.53. The Labute approximate surface area is 123 Å². The molecule has 1 aromatic heterocycles. The summed E-state index contributed by atoms with van der Waals surface area (Å²) in [6.45, 7) is 3.22. The van der Waals surface area contributed by atoms with Crippen molar-refractivity contribution in [1.82, 2.24) is 15.3 Å². The van der Waals surface area contributed by atoms with E-state index in [1.54, 1.807) is 6.20 Å². The van der Waals surface area contributed by atoms with Crippen LogP contribution in [0.25, 0.3) is 0 Å². The summed E-state index contributed by atoms with van der Waals surface area (Å²) in [5.74, 6) is 1.07. The maximum absolute atomic E-state index is 4.23. The Hall–Kier alpha value is -1.13. The standard InChI is InChI=1S/C15H20BrN3/c1-2-14(12-5-3-6-13(16)11-12)17-8-4-7-15-18-9-10-19-15/h3,5-6,9-11,14,17H,2,4,7-8H2,1H3,(H,18,19). The third-order valence-corrected chi connectivity index (χ3v) is 3.69. The van der Waals surface area contributed by atoms with Gasteiger partial charge in [0.2, 0.25) is 0 Å². The van der Waals surface area contributed by atoms with E-state index in [2.05, 4.69) is 62.4 Å². The fraction of sp³-hybridized carbons (Fsp3) is 0.400. The van der Waals surface area contributed by atoms with E-state index >= 15 is 0 Å². The highest BCUT2D eigenvalue weighted by molar-refractivity contribution is 9.10. The molecule has 19 heavy (non-hydrogen) atoms. The molecular formula is C15H20BrN3. The van der Waals surface area contributed by atoms with Crippen LogP contribution in [0.5, 0.6) is 0 Å². The quantitative estimate of drug-likeness (QED) is 0.760. The number of H-pyrrole nitrogens is 1. The first-order chi connectivity index (χ1) is 9.29. The van der Waals surface area contributed by atoms with Crippen molar-refractivity contribution in [1.29, 1.82) is 0 Å². The number of nitrogens with zero attached hydrogens (tertiary/aromatic N) is 1. The molecule has 0 aliphatic carbocycles. The summed E-state index contributed by atoms with van der Waals surface area (Å²) in [5, 5.41) is 3.61. The van der Waals surface area contributed by atoms with E-state index in [9.17, 15) is 0 Å². The highest BCUT2D eigenvalue weighted by Crippen LogP contribution is 2.20. The second-order valence-electron chi connectivity index (χ2n) is 4.61. The molecule has 0 amide bonds. The van der Waals surface area contributed by atoms with Crippen molar-refractivity contribution in [2.24, 2.45) is 0 Å². The van der Waals surface area contributed by atoms with Gasteiger partial charge < -0.3 is 10.3 Å². The number of benzene rings is 1. The van der Waals surface area contributed by atoms with Crippen molar-refractivity contribution in [2.75, 3.05) is 6.54 Å². The minimum absolute atomic E-state index is 0.425. The molecule has 4 heteroatoms. The monoisotopic (exact) mass is 321 g/mol. The highest BCUT2D eigenvalue weighted by Gasteiger charge is 2.08. The van der Waals surface area contributed by atoms with Gasteiger partial charge in [-0.1, -0.05) is 35.0 Å². The zero-order valence-corrected chi connectivity index (χ0v) is 12.8. The third-order valence-electron chi connectivity index (χ3n) is 3.20. The Morgan fingerprint density at radius 1 is 1.42 bits per heavy atom. The molecule has 2 aromatic rings. The summed E-state index contributed by atoms with van der Waals surface area (Å²) in [5.41, 5.74) is 1.34. The summed E-state index contributed by atoms with van der Waals surface area (Å²) in [6.07, 6.45) is 6.86. The number of aromatic amines is 1. The normalized spacial score (nSPS) is 12.5. The SMILES string of the molecule is CCC(NCCCc1ncc[nH]1)c1cccc(Br)c1. The zero-order valence-electron chi connectivity index (χ0n) is 11.2. The first-order valence-electron chi connectivity index (χ1n) is 6.76. The number of hydrogen-bond donors (Lipinski definition) is 2. The molecule has 1 heterocycles. The van der Waals surface area contributed by atoms with Gasteiger partial charge >= 0.3 is 0 Å². The lowest BCUT2D eigenvalue weighted by Crippen LogP contribution is -2.22. The van der Waals surface area contributed by atoms with Crippen molar-refractivity contribution >= 4 is 15.9 Å². The first-order valence-corrected chi connectivity index (χ1v) is 7.56. The van der Waals surface area contributed by atoms with Crippen LogP contribution in [0.4, 0.5) is 0 Å². The van der Waals surface area contributed by atoms with Gasteiger partial charge in [0.1, 0.15) is 5.82 Å². The van der Waals surface area contributed by atoms with E-state index in [1.165, 1.54) is 5.56 Å². The van der Waals surface area contributed by atoms with E-state index < -0.39 is 0 Å². The molecular weight excluding hydrogens is 302 g/mol. The highest BCUT2D eigenvalue weighted by atomic mass is 79.9. The van der Waals surface area contributed by atoms with Gasteiger partial charge in [0.25, 0.3) is 0 Å². The number of halogens is 1. The lowest BCUT2D eigenvalue weighted by atomic mass is 10.0. The third kappa shape index (κ3) is 4.48. The zero-order chi connectivity index (χ0) is 13.5. The van der Waals surface area contributed by atoms with Gasteiger partial charge in [0, 0.05) is 29.3 Å². The van der Waals surface area contributed by atoms with E-state index in [4.69, 9.17) is 0 Å². The van der Waals surface area contributed by atoms with E-state index in [1.807, 2.05) is 6.20 Å². The minimum atomic E-state index is 0.425. The average Bonchev–Trinajstić information content (AvgIpc) is 2.92. The summed E-state index contributed by atoms with van der Waals surface area (Å²) in [7, 11) is 0. The van der Waals surface area contributed by atoms with Crippen LogP contribution in [0.2, 0.25) is 0 Å². The van der Waals surface area contributed by atoms with Crippen molar-refractivity contribution < 1.29 is 0 Å². The second-order valence-corrected chi connectivity index (χ2v) is 5.53. The summed E-state index contributed by atoms with van der Waals surface area (Å²) in [6, 6.07) is 8.94. The molecule has 2 N–H and O–H groups in total. The molecule has 0 aliphatic rings. The molecule has 0 fully saturated rings. The largest absolute Gasteiger partial charge is 0.349 e. The molecule has 0 saturated heterocycles. The van der Waals surface area contributed by atoms with E-state index in [0.717, 1.165) is 36.1 Å². The van der Waals surface area contributed by atoms with Gasteiger partial charge in [0.05, 0.1) is 0 Å². The van der Waals surface area contributed by atoms with Crippen molar-refractivity contribution in [3.05, 3.63) is 52.5 Å². The Morgan fingerprint density at radius 3 is 3.00 bits per heavy atom. The molecule has 0 bridgehead atoms. The predicted molar refractivity (Wildman–Crippen MR) is 82.1 cm³/mol. The van der Waals surface area contributed by atoms with Gasteiger partial charge in [-0.3, -0.25) is 0 Å². The smallest absolute Gasteiger partial charge is 0.106 e. The Bertz CT molecular complexity index is 482.